The van der Waals surface area contributed by atoms with Gasteiger partial charge in [0, 0.05) is 25.3 Å². The molecule has 2 atom stereocenters. The summed E-state index contributed by atoms with van der Waals surface area (Å²) < 4.78 is 11.3. The zero-order chi connectivity index (χ0) is 14.2. The van der Waals surface area contributed by atoms with Crippen LogP contribution in [0.2, 0.25) is 0 Å². The number of hydrogen-bond acceptors (Lipinski definition) is 3. The molecule has 1 heterocycles. The molecule has 0 radical (unpaired) electrons. The van der Waals surface area contributed by atoms with Crippen molar-refractivity contribution in [3.63, 3.8) is 0 Å². The summed E-state index contributed by atoms with van der Waals surface area (Å²) in [5, 5.41) is 3.51. The molecule has 1 N–H and O–H groups in total. The van der Waals surface area contributed by atoms with Crippen LogP contribution in [0.3, 0.4) is 0 Å². The van der Waals surface area contributed by atoms with Crippen LogP contribution in [0.15, 0.2) is 24.3 Å². The van der Waals surface area contributed by atoms with Gasteiger partial charge in [-0.1, -0.05) is 31.0 Å². The van der Waals surface area contributed by atoms with Crippen LogP contribution in [-0.4, -0.2) is 25.9 Å². The highest BCUT2D eigenvalue weighted by Crippen LogP contribution is 2.23. The Kier molecular flexibility index (Phi) is 5.91. The van der Waals surface area contributed by atoms with Crippen molar-refractivity contribution < 1.29 is 9.47 Å². The van der Waals surface area contributed by atoms with E-state index in [4.69, 9.17) is 15.9 Å². The van der Waals surface area contributed by atoms with Crippen molar-refractivity contribution in [2.24, 2.45) is 5.92 Å². The number of benzene rings is 1. The lowest BCUT2D eigenvalue weighted by atomic mass is 9.99. The molecule has 20 heavy (non-hydrogen) atoms. The van der Waals surface area contributed by atoms with E-state index < -0.39 is 0 Å². The molecule has 2 rings (SSSR count). The van der Waals surface area contributed by atoms with Crippen LogP contribution in [-0.2, 0) is 11.3 Å². The monoisotopic (exact) mass is 273 g/mol. The largest absolute Gasteiger partial charge is 0.481 e. The van der Waals surface area contributed by atoms with Crippen LogP contribution in [0, 0.1) is 18.3 Å². The molecule has 0 saturated carbocycles. The minimum absolute atomic E-state index is 0.311. The maximum Gasteiger partial charge on any atom is 0.148 e. The summed E-state index contributed by atoms with van der Waals surface area (Å²) in [7, 11) is 0. The summed E-state index contributed by atoms with van der Waals surface area (Å²) >= 11 is 0. The van der Waals surface area contributed by atoms with Gasteiger partial charge < -0.3 is 14.8 Å². The van der Waals surface area contributed by atoms with Crippen molar-refractivity contribution in [2.75, 3.05) is 19.8 Å². The summed E-state index contributed by atoms with van der Waals surface area (Å²) in [6.07, 6.45) is 7.89. The Morgan fingerprint density at radius 1 is 1.45 bits per heavy atom. The van der Waals surface area contributed by atoms with Crippen LogP contribution in [0.4, 0.5) is 0 Å². The number of hydrogen-bond donors (Lipinski definition) is 1. The lowest BCUT2D eigenvalue weighted by Gasteiger charge is -2.18. The van der Waals surface area contributed by atoms with Crippen molar-refractivity contribution in [1.82, 2.24) is 5.32 Å². The number of para-hydroxylation sites is 1. The number of ether oxygens (including phenoxy) is 2. The van der Waals surface area contributed by atoms with Crippen LogP contribution in [0.5, 0.6) is 5.75 Å². The predicted octanol–water partition coefficient (Wildman–Crippen LogP) is 2.60. The third kappa shape index (κ3) is 4.00. The molecular formula is C17H23NO2. The first-order valence-electron chi connectivity index (χ1n) is 7.31. The Morgan fingerprint density at radius 2 is 2.30 bits per heavy atom. The first-order valence-corrected chi connectivity index (χ1v) is 7.31. The van der Waals surface area contributed by atoms with Crippen LogP contribution < -0.4 is 10.1 Å². The van der Waals surface area contributed by atoms with E-state index in [1.807, 2.05) is 18.2 Å². The topological polar surface area (TPSA) is 30.5 Å². The van der Waals surface area contributed by atoms with E-state index in [9.17, 15) is 0 Å². The molecule has 1 aromatic carbocycles. The predicted molar refractivity (Wildman–Crippen MR) is 80.6 cm³/mol. The van der Waals surface area contributed by atoms with Gasteiger partial charge in [0.05, 0.1) is 6.10 Å². The highest BCUT2D eigenvalue weighted by molar-refractivity contribution is 5.33. The van der Waals surface area contributed by atoms with Crippen molar-refractivity contribution >= 4 is 0 Å². The van der Waals surface area contributed by atoms with Gasteiger partial charge in [-0.15, -0.1) is 6.42 Å². The number of nitrogens with one attached hydrogen (secondary N) is 1. The van der Waals surface area contributed by atoms with Crippen molar-refractivity contribution in [2.45, 2.75) is 32.4 Å². The molecule has 0 amide bonds. The molecule has 0 spiro atoms. The minimum atomic E-state index is 0.311. The Bertz CT molecular complexity index is 453. The van der Waals surface area contributed by atoms with E-state index in [1.54, 1.807) is 0 Å². The van der Waals surface area contributed by atoms with Gasteiger partial charge in [0.25, 0.3) is 0 Å². The molecule has 1 fully saturated rings. The van der Waals surface area contributed by atoms with E-state index >= 15 is 0 Å². The van der Waals surface area contributed by atoms with Crippen LogP contribution >= 0.6 is 0 Å². The second-order valence-corrected chi connectivity index (χ2v) is 5.10. The lowest BCUT2D eigenvalue weighted by Crippen LogP contribution is -2.28. The molecule has 1 saturated heterocycles. The Hall–Kier alpha value is -1.50. The highest BCUT2D eigenvalue weighted by atomic mass is 16.5. The molecule has 1 aromatic rings. The maximum atomic E-state index is 5.71. The van der Waals surface area contributed by atoms with Gasteiger partial charge in [0.2, 0.25) is 0 Å². The first-order chi connectivity index (χ1) is 9.85. The summed E-state index contributed by atoms with van der Waals surface area (Å²) in [5.41, 5.74) is 1.15. The molecule has 0 bridgehead atoms. The third-order valence-electron chi connectivity index (χ3n) is 3.75. The van der Waals surface area contributed by atoms with Gasteiger partial charge >= 0.3 is 0 Å². The summed E-state index contributed by atoms with van der Waals surface area (Å²) in [5.74, 6) is 3.99. The Labute approximate surface area is 121 Å². The second kappa shape index (κ2) is 7.94. The quantitative estimate of drug-likeness (QED) is 0.775. The van der Waals surface area contributed by atoms with Gasteiger partial charge in [0.1, 0.15) is 12.4 Å². The summed E-state index contributed by atoms with van der Waals surface area (Å²) in [4.78, 5) is 0. The Morgan fingerprint density at radius 3 is 3.10 bits per heavy atom. The van der Waals surface area contributed by atoms with Gasteiger partial charge in [-0.2, -0.15) is 0 Å². The highest BCUT2D eigenvalue weighted by Gasteiger charge is 2.25. The fourth-order valence-electron chi connectivity index (χ4n) is 2.68. The van der Waals surface area contributed by atoms with E-state index in [1.165, 1.54) is 0 Å². The van der Waals surface area contributed by atoms with Crippen molar-refractivity contribution in [3.05, 3.63) is 29.8 Å². The molecule has 3 heteroatoms. The first kappa shape index (κ1) is 14.9. The smallest absolute Gasteiger partial charge is 0.148 e. The zero-order valence-corrected chi connectivity index (χ0v) is 12.1. The molecule has 1 aliphatic heterocycles. The van der Waals surface area contributed by atoms with Gasteiger partial charge in [-0.05, 0) is 24.8 Å². The average Bonchev–Trinajstić information content (AvgIpc) is 2.94. The van der Waals surface area contributed by atoms with E-state index in [0.717, 1.165) is 43.9 Å². The Balaban J connectivity index is 1.83. The van der Waals surface area contributed by atoms with Crippen molar-refractivity contribution in [3.8, 4) is 18.1 Å². The maximum absolute atomic E-state index is 5.71. The second-order valence-electron chi connectivity index (χ2n) is 5.10. The summed E-state index contributed by atoms with van der Waals surface area (Å²) in [6.45, 7) is 5.18. The van der Waals surface area contributed by atoms with Gasteiger partial charge in [-0.25, -0.2) is 0 Å². The molecule has 3 nitrogen and oxygen atoms in total. The summed E-state index contributed by atoms with van der Waals surface area (Å²) in [6, 6.07) is 8.02. The van der Waals surface area contributed by atoms with Crippen LogP contribution in [0.1, 0.15) is 25.3 Å². The minimum Gasteiger partial charge on any atom is -0.481 e. The van der Waals surface area contributed by atoms with Gasteiger partial charge in [-0.3, -0.25) is 0 Å². The van der Waals surface area contributed by atoms with E-state index in [0.29, 0.717) is 18.6 Å². The molecule has 1 aliphatic rings. The fraction of sp³-hybridized carbons (Fsp3) is 0.529. The third-order valence-corrected chi connectivity index (χ3v) is 3.75. The normalized spacial score (nSPS) is 21.6. The van der Waals surface area contributed by atoms with E-state index in [2.05, 4.69) is 24.2 Å². The number of rotatable bonds is 7. The van der Waals surface area contributed by atoms with Crippen LogP contribution in [0.25, 0.3) is 0 Å². The molecular weight excluding hydrogens is 250 g/mol. The standard InChI is InChI=1S/C17H23NO2/c1-3-10-19-17-8-6-5-7-14(17)12-18-13-15-9-11-20-16(15)4-2/h1,5-8,15-16,18H,4,9-13H2,2H3. The SMILES string of the molecule is C#CCOc1ccccc1CNCC1CCOC1CC. The molecule has 0 aromatic heterocycles. The molecule has 0 aliphatic carbocycles. The molecule has 2 unspecified atom stereocenters. The number of terminal acetylenes is 1. The van der Waals surface area contributed by atoms with Gasteiger partial charge in [0.15, 0.2) is 0 Å². The van der Waals surface area contributed by atoms with Crippen molar-refractivity contribution in [1.29, 1.82) is 0 Å². The fourth-order valence-corrected chi connectivity index (χ4v) is 2.68. The average molecular weight is 273 g/mol. The van der Waals surface area contributed by atoms with E-state index in [-0.39, 0.29) is 0 Å². The lowest BCUT2D eigenvalue weighted by molar-refractivity contribution is 0.0872. The molecule has 108 valence electrons. The zero-order valence-electron chi connectivity index (χ0n) is 12.1.